The molecule has 3 aromatic rings. The summed E-state index contributed by atoms with van der Waals surface area (Å²) in [5, 5.41) is 4.87. The SMILES string of the molecule is CCN(CCOC)C(=O)C1CCc2c(sc3ncnc(Nc4cc(C)c(C)cc4N4CCC(N(C)C)CC4)c23)C1. The van der Waals surface area contributed by atoms with E-state index in [9.17, 15) is 4.79 Å². The van der Waals surface area contributed by atoms with Crippen LogP contribution in [0, 0.1) is 19.8 Å². The first-order valence-corrected chi connectivity index (χ1v) is 15.4. The smallest absolute Gasteiger partial charge is 0.226 e. The fraction of sp³-hybridized carbons (Fsp3) is 0.581. The van der Waals surface area contributed by atoms with Crippen LogP contribution in [0.4, 0.5) is 17.2 Å². The molecule has 1 unspecified atom stereocenters. The van der Waals surface area contributed by atoms with Crippen LogP contribution in [0.15, 0.2) is 18.5 Å². The molecule has 40 heavy (non-hydrogen) atoms. The second-order valence-corrected chi connectivity index (χ2v) is 12.6. The minimum absolute atomic E-state index is 0.0122. The summed E-state index contributed by atoms with van der Waals surface area (Å²) < 4.78 is 5.23. The van der Waals surface area contributed by atoms with E-state index in [1.165, 1.54) is 27.3 Å². The number of rotatable bonds is 9. The lowest BCUT2D eigenvalue weighted by Crippen LogP contribution is -2.42. The van der Waals surface area contributed by atoms with Gasteiger partial charge < -0.3 is 24.8 Å². The third-order valence-corrected chi connectivity index (χ3v) is 10.0. The molecule has 216 valence electrons. The second-order valence-electron chi connectivity index (χ2n) is 11.5. The highest BCUT2D eigenvalue weighted by Crippen LogP contribution is 2.42. The Bertz CT molecular complexity index is 1350. The van der Waals surface area contributed by atoms with E-state index in [1.807, 2.05) is 11.8 Å². The van der Waals surface area contributed by atoms with Crippen LogP contribution in [0.2, 0.25) is 0 Å². The molecule has 2 aliphatic rings. The topological polar surface area (TPSA) is 73.8 Å². The van der Waals surface area contributed by atoms with Crippen LogP contribution in [0.5, 0.6) is 0 Å². The lowest BCUT2D eigenvalue weighted by molar-refractivity contribution is -0.136. The highest BCUT2D eigenvalue weighted by molar-refractivity contribution is 7.19. The Hall–Kier alpha value is -2.75. The number of carbonyl (C=O) groups excluding carboxylic acids is 1. The molecule has 1 N–H and O–H groups in total. The summed E-state index contributed by atoms with van der Waals surface area (Å²) in [4.78, 5) is 31.8. The molecule has 1 aromatic carbocycles. The number of ether oxygens (including phenoxy) is 1. The molecule has 0 spiro atoms. The van der Waals surface area contributed by atoms with Crippen LogP contribution in [0.1, 0.15) is 47.8 Å². The number of nitrogens with zero attached hydrogens (tertiary/aromatic N) is 5. The number of anilines is 3. The first-order chi connectivity index (χ1) is 19.3. The molecule has 2 aromatic heterocycles. The lowest BCUT2D eigenvalue weighted by Gasteiger charge is -2.37. The number of thiophene rings is 1. The van der Waals surface area contributed by atoms with Crippen molar-refractivity contribution < 1.29 is 9.53 Å². The number of hydrogen-bond acceptors (Lipinski definition) is 8. The van der Waals surface area contributed by atoms with Crippen molar-refractivity contribution in [3.8, 4) is 0 Å². The number of hydrogen-bond donors (Lipinski definition) is 1. The summed E-state index contributed by atoms with van der Waals surface area (Å²) >= 11 is 1.72. The fourth-order valence-corrected chi connectivity index (χ4v) is 7.48. The van der Waals surface area contributed by atoms with Gasteiger partial charge in [-0.05, 0) is 95.8 Å². The monoisotopic (exact) mass is 564 g/mol. The molecule has 1 fully saturated rings. The van der Waals surface area contributed by atoms with E-state index in [4.69, 9.17) is 9.72 Å². The zero-order valence-corrected chi connectivity index (χ0v) is 25.7. The van der Waals surface area contributed by atoms with Gasteiger partial charge in [-0.1, -0.05) is 0 Å². The number of amides is 1. The Morgan fingerprint density at radius 2 is 1.90 bits per heavy atom. The van der Waals surface area contributed by atoms with Gasteiger partial charge in [0.05, 0.1) is 23.4 Å². The van der Waals surface area contributed by atoms with E-state index in [0.717, 1.165) is 66.9 Å². The van der Waals surface area contributed by atoms with Gasteiger partial charge in [0.2, 0.25) is 5.91 Å². The van der Waals surface area contributed by atoms with Gasteiger partial charge >= 0.3 is 0 Å². The molecule has 8 nitrogen and oxygen atoms in total. The predicted octanol–water partition coefficient (Wildman–Crippen LogP) is 5.18. The number of nitrogens with one attached hydrogen (secondary N) is 1. The van der Waals surface area contributed by atoms with E-state index in [0.29, 0.717) is 25.7 Å². The fourth-order valence-electron chi connectivity index (χ4n) is 6.21. The van der Waals surface area contributed by atoms with Gasteiger partial charge in [-0.15, -0.1) is 11.3 Å². The first-order valence-electron chi connectivity index (χ1n) is 14.6. The minimum atomic E-state index is 0.0122. The van der Waals surface area contributed by atoms with E-state index >= 15 is 0 Å². The van der Waals surface area contributed by atoms with Crippen LogP contribution >= 0.6 is 11.3 Å². The number of likely N-dealkylation sites (N-methyl/N-ethyl adjacent to an activating group) is 1. The van der Waals surface area contributed by atoms with Gasteiger partial charge in [-0.25, -0.2) is 9.97 Å². The molecule has 0 bridgehead atoms. The number of aromatic nitrogens is 2. The van der Waals surface area contributed by atoms with Crippen molar-refractivity contribution in [2.24, 2.45) is 5.92 Å². The van der Waals surface area contributed by atoms with Gasteiger partial charge in [0.15, 0.2) is 0 Å². The quantitative estimate of drug-likeness (QED) is 0.384. The predicted molar refractivity (Wildman–Crippen MR) is 165 cm³/mol. The largest absolute Gasteiger partial charge is 0.383 e. The lowest BCUT2D eigenvalue weighted by atomic mass is 9.87. The standard InChI is InChI=1S/C31H44N6O2S/c1-7-36(14-15-39-6)31(38)22-8-9-24-27(18-22)40-30-28(24)29(32-19-33-30)34-25-16-20(2)21(3)17-26(25)37-12-10-23(11-13-37)35(4)5/h16-17,19,22-23H,7-15,18H2,1-6H3,(H,32,33,34). The maximum atomic E-state index is 13.3. The van der Waals surface area contributed by atoms with Crippen molar-refractivity contribution in [1.29, 1.82) is 0 Å². The van der Waals surface area contributed by atoms with Crippen molar-refractivity contribution in [1.82, 2.24) is 19.8 Å². The van der Waals surface area contributed by atoms with E-state index in [1.54, 1.807) is 24.8 Å². The summed E-state index contributed by atoms with van der Waals surface area (Å²) in [7, 11) is 6.05. The van der Waals surface area contributed by atoms with Crippen LogP contribution in [0.3, 0.4) is 0 Å². The maximum Gasteiger partial charge on any atom is 0.226 e. The summed E-state index contributed by atoms with van der Waals surface area (Å²) in [5.74, 6) is 1.12. The molecule has 1 atom stereocenters. The zero-order valence-electron chi connectivity index (χ0n) is 24.9. The normalized spacial score (nSPS) is 17.9. The zero-order chi connectivity index (χ0) is 28.4. The molecule has 1 aliphatic carbocycles. The molecule has 9 heteroatoms. The average molecular weight is 565 g/mol. The van der Waals surface area contributed by atoms with Crippen LogP contribution in [-0.2, 0) is 22.4 Å². The van der Waals surface area contributed by atoms with Gasteiger partial charge in [0, 0.05) is 50.1 Å². The maximum absolute atomic E-state index is 13.3. The number of methoxy groups -OCH3 is 1. The number of carbonyl (C=O) groups is 1. The van der Waals surface area contributed by atoms with Crippen molar-refractivity contribution >= 4 is 44.7 Å². The van der Waals surface area contributed by atoms with Crippen molar-refractivity contribution in [3.63, 3.8) is 0 Å². The summed E-state index contributed by atoms with van der Waals surface area (Å²) in [6.45, 7) is 10.4. The first kappa shape index (κ1) is 28.8. The molecule has 0 radical (unpaired) electrons. The summed E-state index contributed by atoms with van der Waals surface area (Å²) in [6.07, 6.45) is 6.49. The average Bonchev–Trinajstić information content (AvgIpc) is 3.34. The number of piperidine rings is 1. The Kier molecular flexibility index (Phi) is 8.92. The van der Waals surface area contributed by atoms with Crippen molar-refractivity contribution in [2.45, 2.75) is 58.9 Å². The Labute approximate surface area is 242 Å². The third-order valence-electron chi connectivity index (χ3n) is 8.85. The summed E-state index contributed by atoms with van der Waals surface area (Å²) in [6, 6.07) is 5.23. The third kappa shape index (κ3) is 5.83. The highest BCUT2D eigenvalue weighted by atomic mass is 32.1. The molecular formula is C31H44N6O2S. The Morgan fingerprint density at radius 3 is 2.60 bits per heavy atom. The second kappa shape index (κ2) is 12.4. The van der Waals surface area contributed by atoms with E-state index < -0.39 is 0 Å². The van der Waals surface area contributed by atoms with E-state index in [-0.39, 0.29) is 11.8 Å². The van der Waals surface area contributed by atoms with Crippen LogP contribution in [0.25, 0.3) is 10.2 Å². The number of fused-ring (bicyclic) bond motifs is 3. The van der Waals surface area contributed by atoms with Crippen molar-refractivity contribution in [2.75, 3.05) is 64.2 Å². The van der Waals surface area contributed by atoms with Gasteiger partial charge in [0.25, 0.3) is 0 Å². The van der Waals surface area contributed by atoms with E-state index in [2.05, 4.69) is 60.2 Å². The number of aryl methyl sites for hydroxylation is 3. The molecule has 1 aliphatic heterocycles. The Morgan fingerprint density at radius 1 is 1.15 bits per heavy atom. The molecule has 5 rings (SSSR count). The van der Waals surface area contributed by atoms with Gasteiger partial charge in [-0.2, -0.15) is 0 Å². The van der Waals surface area contributed by atoms with Crippen LogP contribution in [-0.4, -0.2) is 85.7 Å². The summed E-state index contributed by atoms with van der Waals surface area (Å²) in [5.41, 5.74) is 6.23. The molecular weight excluding hydrogens is 520 g/mol. The van der Waals surface area contributed by atoms with Gasteiger partial charge in [0.1, 0.15) is 17.0 Å². The molecule has 3 heterocycles. The van der Waals surface area contributed by atoms with Gasteiger partial charge in [-0.3, -0.25) is 4.79 Å². The van der Waals surface area contributed by atoms with Crippen LogP contribution < -0.4 is 10.2 Å². The highest BCUT2D eigenvalue weighted by Gasteiger charge is 2.31. The molecule has 0 saturated carbocycles. The molecule has 1 amide bonds. The Balaban J connectivity index is 1.42. The minimum Gasteiger partial charge on any atom is -0.383 e. The molecule has 1 saturated heterocycles. The number of benzene rings is 1. The van der Waals surface area contributed by atoms with Crippen molar-refractivity contribution in [3.05, 3.63) is 40.0 Å².